The standard InChI is InChI=1S/C16H24F3N3.HI/c1-12(2)14(13-7-5-4-6-8-13)11-22-15(20-3)21-10-9-16(17,18)19;/h4-8,12,14H,9-11H2,1-3H3,(H2,20,21,22);1H. The fourth-order valence-electron chi connectivity index (χ4n) is 2.19. The van der Waals surface area contributed by atoms with Crippen LogP contribution in [0.4, 0.5) is 13.2 Å². The highest BCUT2D eigenvalue weighted by molar-refractivity contribution is 14.0. The van der Waals surface area contributed by atoms with Crippen LogP contribution in [-0.4, -0.2) is 32.3 Å². The molecular weight excluding hydrogens is 418 g/mol. The first-order chi connectivity index (χ1) is 10.3. The molecule has 132 valence electrons. The quantitative estimate of drug-likeness (QED) is 0.394. The SMILES string of the molecule is CN=C(NCCC(F)(F)F)NCC(c1ccccc1)C(C)C.I. The summed E-state index contributed by atoms with van der Waals surface area (Å²) in [4.78, 5) is 3.96. The van der Waals surface area contributed by atoms with Crippen LogP contribution in [0.2, 0.25) is 0 Å². The predicted octanol–water partition coefficient (Wildman–Crippen LogP) is 4.16. The van der Waals surface area contributed by atoms with Crippen LogP contribution in [0, 0.1) is 5.92 Å². The molecule has 2 N–H and O–H groups in total. The summed E-state index contributed by atoms with van der Waals surface area (Å²) < 4.78 is 36.5. The Balaban J connectivity index is 0.00000484. The highest BCUT2D eigenvalue weighted by Crippen LogP contribution is 2.23. The molecule has 0 aliphatic rings. The number of halogens is 4. The van der Waals surface area contributed by atoms with Gasteiger partial charge in [-0.15, -0.1) is 24.0 Å². The molecule has 0 spiro atoms. The molecular formula is C16H25F3IN3. The molecule has 0 amide bonds. The second-order valence-corrected chi connectivity index (χ2v) is 5.51. The van der Waals surface area contributed by atoms with Gasteiger partial charge in [0.1, 0.15) is 0 Å². The van der Waals surface area contributed by atoms with E-state index < -0.39 is 12.6 Å². The summed E-state index contributed by atoms with van der Waals surface area (Å²) >= 11 is 0. The zero-order chi connectivity index (χ0) is 16.6. The van der Waals surface area contributed by atoms with Crippen LogP contribution in [0.15, 0.2) is 35.3 Å². The van der Waals surface area contributed by atoms with E-state index in [0.29, 0.717) is 18.4 Å². The summed E-state index contributed by atoms with van der Waals surface area (Å²) in [5.74, 6) is 1.07. The van der Waals surface area contributed by atoms with Crippen molar-refractivity contribution in [3.8, 4) is 0 Å². The number of aliphatic imine (C=N–C) groups is 1. The lowest BCUT2D eigenvalue weighted by molar-refractivity contribution is -0.132. The van der Waals surface area contributed by atoms with Gasteiger partial charge in [0.2, 0.25) is 0 Å². The Morgan fingerprint density at radius 1 is 1.13 bits per heavy atom. The summed E-state index contributed by atoms with van der Waals surface area (Å²) in [6.07, 6.45) is -5.03. The van der Waals surface area contributed by atoms with Crippen molar-refractivity contribution in [1.82, 2.24) is 10.6 Å². The Labute approximate surface area is 153 Å². The number of benzene rings is 1. The molecule has 0 aliphatic carbocycles. The van der Waals surface area contributed by atoms with E-state index in [-0.39, 0.29) is 36.4 Å². The first-order valence-corrected chi connectivity index (χ1v) is 7.39. The molecule has 0 aromatic heterocycles. The molecule has 0 heterocycles. The average molecular weight is 443 g/mol. The molecule has 1 atom stereocenters. The zero-order valence-electron chi connectivity index (χ0n) is 13.7. The number of rotatable bonds is 6. The van der Waals surface area contributed by atoms with Crippen LogP contribution in [0.25, 0.3) is 0 Å². The van der Waals surface area contributed by atoms with Gasteiger partial charge in [0.15, 0.2) is 5.96 Å². The third-order valence-corrected chi connectivity index (χ3v) is 3.45. The molecule has 1 aromatic rings. The third-order valence-electron chi connectivity index (χ3n) is 3.45. The number of guanidine groups is 1. The summed E-state index contributed by atoms with van der Waals surface area (Å²) in [7, 11) is 1.55. The van der Waals surface area contributed by atoms with Gasteiger partial charge in [0, 0.05) is 26.1 Å². The van der Waals surface area contributed by atoms with Crippen LogP contribution in [0.3, 0.4) is 0 Å². The van der Waals surface area contributed by atoms with Gasteiger partial charge in [0.05, 0.1) is 6.42 Å². The van der Waals surface area contributed by atoms with Crippen molar-refractivity contribution in [1.29, 1.82) is 0 Å². The lowest BCUT2D eigenvalue weighted by atomic mass is 9.88. The lowest BCUT2D eigenvalue weighted by Gasteiger charge is -2.23. The molecule has 0 aliphatic heterocycles. The molecule has 0 bridgehead atoms. The number of nitrogens with one attached hydrogen (secondary N) is 2. The van der Waals surface area contributed by atoms with E-state index in [4.69, 9.17) is 0 Å². The maximum absolute atomic E-state index is 12.2. The Morgan fingerprint density at radius 3 is 2.22 bits per heavy atom. The van der Waals surface area contributed by atoms with Gasteiger partial charge in [-0.3, -0.25) is 4.99 Å². The fraction of sp³-hybridized carbons (Fsp3) is 0.562. The van der Waals surface area contributed by atoms with Crippen molar-refractivity contribution in [3.05, 3.63) is 35.9 Å². The second kappa shape index (κ2) is 10.7. The Morgan fingerprint density at radius 2 is 1.74 bits per heavy atom. The van der Waals surface area contributed by atoms with Crippen molar-refractivity contribution >= 4 is 29.9 Å². The fourth-order valence-corrected chi connectivity index (χ4v) is 2.19. The van der Waals surface area contributed by atoms with Crippen molar-refractivity contribution in [2.24, 2.45) is 10.9 Å². The largest absolute Gasteiger partial charge is 0.390 e. The second-order valence-electron chi connectivity index (χ2n) is 5.51. The minimum Gasteiger partial charge on any atom is -0.356 e. The highest BCUT2D eigenvalue weighted by Gasteiger charge is 2.26. The smallest absolute Gasteiger partial charge is 0.356 e. The van der Waals surface area contributed by atoms with Crippen molar-refractivity contribution < 1.29 is 13.2 Å². The summed E-state index contributed by atoms with van der Waals surface area (Å²) in [6, 6.07) is 10.1. The minimum atomic E-state index is -4.16. The van der Waals surface area contributed by atoms with E-state index in [2.05, 4.69) is 41.6 Å². The summed E-state index contributed by atoms with van der Waals surface area (Å²) in [5, 5.41) is 5.80. The highest BCUT2D eigenvalue weighted by atomic mass is 127. The molecule has 0 saturated carbocycles. The molecule has 0 fully saturated rings. The number of hydrogen-bond acceptors (Lipinski definition) is 1. The molecule has 0 saturated heterocycles. The normalized spacial score (nSPS) is 13.4. The summed E-state index contributed by atoms with van der Waals surface area (Å²) in [5.41, 5.74) is 1.20. The van der Waals surface area contributed by atoms with Gasteiger partial charge in [-0.1, -0.05) is 44.2 Å². The number of nitrogens with zero attached hydrogens (tertiary/aromatic N) is 1. The molecule has 23 heavy (non-hydrogen) atoms. The van der Waals surface area contributed by atoms with E-state index in [9.17, 15) is 13.2 Å². The Hall–Kier alpha value is -0.990. The third kappa shape index (κ3) is 9.02. The van der Waals surface area contributed by atoms with E-state index in [0.717, 1.165) is 0 Å². The monoisotopic (exact) mass is 443 g/mol. The van der Waals surface area contributed by atoms with E-state index in [1.165, 1.54) is 5.56 Å². The van der Waals surface area contributed by atoms with Gasteiger partial charge in [-0.25, -0.2) is 0 Å². The van der Waals surface area contributed by atoms with Gasteiger partial charge in [0.25, 0.3) is 0 Å². The molecule has 7 heteroatoms. The Bertz CT molecular complexity index is 461. The van der Waals surface area contributed by atoms with E-state index in [1.54, 1.807) is 7.05 Å². The minimum absolute atomic E-state index is 0. The van der Waals surface area contributed by atoms with Crippen LogP contribution in [0.1, 0.15) is 31.7 Å². The van der Waals surface area contributed by atoms with Gasteiger partial charge < -0.3 is 10.6 Å². The molecule has 1 rings (SSSR count). The average Bonchev–Trinajstić information content (AvgIpc) is 2.45. The van der Waals surface area contributed by atoms with Crippen molar-refractivity contribution in [2.45, 2.75) is 32.4 Å². The number of alkyl halides is 3. The van der Waals surface area contributed by atoms with Crippen LogP contribution in [0.5, 0.6) is 0 Å². The topological polar surface area (TPSA) is 36.4 Å². The maximum atomic E-state index is 12.2. The summed E-state index contributed by atoms with van der Waals surface area (Å²) in [6.45, 7) is 4.69. The van der Waals surface area contributed by atoms with Crippen molar-refractivity contribution in [2.75, 3.05) is 20.1 Å². The number of hydrogen-bond donors (Lipinski definition) is 2. The van der Waals surface area contributed by atoms with Crippen molar-refractivity contribution in [3.63, 3.8) is 0 Å². The molecule has 3 nitrogen and oxygen atoms in total. The first-order valence-electron chi connectivity index (χ1n) is 7.39. The van der Waals surface area contributed by atoms with Gasteiger partial charge in [-0.2, -0.15) is 13.2 Å². The maximum Gasteiger partial charge on any atom is 0.390 e. The first kappa shape index (κ1) is 22.0. The van der Waals surface area contributed by atoms with E-state index in [1.807, 2.05) is 18.2 Å². The van der Waals surface area contributed by atoms with E-state index >= 15 is 0 Å². The van der Waals surface area contributed by atoms with Crippen LogP contribution >= 0.6 is 24.0 Å². The zero-order valence-corrected chi connectivity index (χ0v) is 16.0. The molecule has 1 aromatic carbocycles. The lowest BCUT2D eigenvalue weighted by Crippen LogP contribution is -2.41. The van der Waals surface area contributed by atoms with Crippen LogP contribution in [-0.2, 0) is 0 Å². The Kier molecular flexibility index (Phi) is 10.3. The molecule has 0 radical (unpaired) electrons. The van der Waals surface area contributed by atoms with Gasteiger partial charge in [-0.05, 0) is 11.5 Å². The molecule has 1 unspecified atom stereocenters. The van der Waals surface area contributed by atoms with Crippen LogP contribution < -0.4 is 10.6 Å². The van der Waals surface area contributed by atoms with Gasteiger partial charge >= 0.3 is 6.18 Å². The predicted molar refractivity (Wildman–Crippen MR) is 99.5 cm³/mol.